The first-order valence-electron chi connectivity index (χ1n) is 9.53. The molecule has 0 spiro atoms. The molecule has 10 nitrogen and oxygen atoms in total. The van der Waals surface area contributed by atoms with Gasteiger partial charge in [-0.2, -0.15) is 0 Å². The fourth-order valence-electron chi connectivity index (χ4n) is 2.67. The summed E-state index contributed by atoms with van der Waals surface area (Å²) >= 11 is 1.33. The molecular formula is C19H24N4O6S2. The number of sulfonamides is 1. The van der Waals surface area contributed by atoms with Gasteiger partial charge in [-0.25, -0.2) is 18.1 Å². The van der Waals surface area contributed by atoms with Gasteiger partial charge in [-0.1, -0.05) is 17.3 Å². The van der Waals surface area contributed by atoms with Gasteiger partial charge in [0.1, 0.15) is 0 Å². The van der Waals surface area contributed by atoms with E-state index in [1.165, 1.54) is 42.7 Å². The molecule has 1 saturated heterocycles. The van der Waals surface area contributed by atoms with Gasteiger partial charge in [0, 0.05) is 36.7 Å². The average Bonchev–Trinajstić information content (AvgIpc) is 3.40. The molecule has 1 aliphatic rings. The Bertz CT molecular complexity index is 1010. The topological polar surface area (TPSA) is 128 Å². The predicted molar refractivity (Wildman–Crippen MR) is 116 cm³/mol. The number of carbonyl (C=O) groups excluding carboxylic acids is 1. The maximum atomic E-state index is 12.9. The number of benzene rings is 1. The van der Waals surface area contributed by atoms with Crippen molar-refractivity contribution in [1.82, 2.24) is 9.71 Å². The Balaban J connectivity index is 1.80. The van der Waals surface area contributed by atoms with Crippen molar-refractivity contribution in [3.63, 3.8) is 0 Å². The molecule has 2 aromatic rings. The normalized spacial score (nSPS) is 17.0. The van der Waals surface area contributed by atoms with E-state index in [0.29, 0.717) is 30.3 Å². The second kappa shape index (κ2) is 10.8. The van der Waals surface area contributed by atoms with E-state index in [4.69, 9.17) is 14.3 Å². The highest BCUT2D eigenvalue weighted by Gasteiger charge is 2.22. The third-order valence-corrected chi connectivity index (χ3v) is 6.58. The van der Waals surface area contributed by atoms with Crippen LogP contribution in [0.2, 0.25) is 0 Å². The van der Waals surface area contributed by atoms with Crippen molar-refractivity contribution in [3.05, 3.63) is 40.9 Å². The molecule has 2 N–H and O–H groups in total. The first kappa shape index (κ1) is 23.3. The molecule has 0 bridgehead atoms. The number of hydrogen-bond acceptors (Lipinski definition) is 9. The molecule has 1 amide bonds. The minimum atomic E-state index is -3.69. The number of carbonyl (C=O) groups is 1. The Morgan fingerprint density at radius 3 is 2.74 bits per heavy atom. The van der Waals surface area contributed by atoms with E-state index < -0.39 is 15.9 Å². The molecule has 1 aromatic carbocycles. The van der Waals surface area contributed by atoms with Gasteiger partial charge in [-0.15, -0.1) is 11.3 Å². The number of aryl methyl sites for hydroxylation is 1. The fourth-order valence-corrected chi connectivity index (χ4v) is 4.34. The fraction of sp³-hybridized carbons (Fsp3) is 0.421. The summed E-state index contributed by atoms with van der Waals surface area (Å²) in [5.41, 5.74) is 0.413. The van der Waals surface area contributed by atoms with Gasteiger partial charge >= 0.3 is 0 Å². The van der Waals surface area contributed by atoms with Gasteiger partial charge in [0.15, 0.2) is 16.9 Å². The summed E-state index contributed by atoms with van der Waals surface area (Å²) in [6, 6.07) is 5.81. The molecule has 12 heteroatoms. The lowest BCUT2D eigenvalue weighted by Crippen LogP contribution is -2.27. The van der Waals surface area contributed by atoms with E-state index in [9.17, 15) is 13.2 Å². The van der Waals surface area contributed by atoms with Crippen LogP contribution in [0.1, 0.15) is 16.9 Å². The van der Waals surface area contributed by atoms with Crippen molar-refractivity contribution in [3.8, 4) is 0 Å². The van der Waals surface area contributed by atoms with Crippen molar-refractivity contribution in [1.29, 1.82) is 0 Å². The number of amides is 1. The van der Waals surface area contributed by atoms with Crippen molar-refractivity contribution < 1.29 is 27.5 Å². The number of nitrogens with one attached hydrogen (secondary N) is 2. The van der Waals surface area contributed by atoms with Crippen molar-refractivity contribution in [2.45, 2.75) is 24.3 Å². The van der Waals surface area contributed by atoms with Crippen LogP contribution in [0.5, 0.6) is 0 Å². The van der Waals surface area contributed by atoms with E-state index in [1.54, 1.807) is 6.20 Å². The summed E-state index contributed by atoms with van der Waals surface area (Å²) in [4.78, 5) is 23.5. The van der Waals surface area contributed by atoms with Crippen LogP contribution in [0.15, 0.2) is 40.5 Å². The zero-order chi connectivity index (χ0) is 22.3. The van der Waals surface area contributed by atoms with Gasteiger partial charge < -0.3 is 14.3 Å². The highest BCUT2D eigenvalue weighted by molar-refractivity contribution is 7.89. The van der Waals surface area contributed by atoms with Crippen LogP contribution < -0.4 is 10.0 Å². The molecular weight excluding hydrogens is 444 g/mol. The number of oxime groups is 1. The molecule has 1 fully saturated rings. The lowest BCUT2D eigenvalue weighted by Gasteiger charge is -2.11. The number of thiazole rings is 1. The van der Waals surface area contributed by atoms with E-state index in [-0.39, 0.29) is 29.9 Å². The highest BCUT2D eigenvalue weighted by atomic mass is 32.2. The van der Waals surface area contributed by atoms with Crippen LogP contribution >= 0.6 is 11.3 Å². The Morgan fingerprint density at radius 1 is 1.35 bits per heavy atom. The molecule has 1 atom stereocenters. The Hall–Kier alpha value is -2.38. The molecule has 1 aromatic heterocycles. The molecule has 31 heavy (non-hydrogen) atoms. The van der Waals surface area contributed by atoms with Crippen molar-refractivity contribution in [2.24, 2.45) is 5.16 Å². The Morgan fingerprint density at radius 2 is 2.13 bits per heavy atom. The standard InChI is InChI=1S/C19H24N4O6S2/c1-13-11-20-19(30-13)22-18(24)17(23-29-15-7-9-28-12-15)14-3-5-16(6-4-14)31(25,26)21-8-10-27-2/h3-6,11,15,21H,7-10,12H2,1-2H3,(H,20,22,24)/b23-17+/t15-/m1/s1. The van der Waals surface area contributed by atoms with Crippen LogP contribution in [-0.2, 0) is 29.1 Å². The van der Waals surface area contributed by atoms with Crippen LogP contribution in [-0.4, -0.2) is 64.6 Å². The first-order valence-corrected chi connectivity index (χ1v) is 11.8. The Labute approximate surface area is 184 Å². The van der Waals surface area contributed by atoms with Crippen molar-refractivity contribution in [2.75, 3.05) is 38.8 Å². The number of hydrogen-bond donors (Lipinski definition) is 2. The molecule has 0 radical (unpaired) electrons. The SMILES string of the molecule is COCCNS(=O)(=O)c1ccc(/C(=N\O[C@@H]2CCOC2)C(=O)Nc2ncc(C)s2)cc1. The van der Waals surface area contributed by atoms with E-state index >= 15 is 0 Å². The zero-order valence-electron chi connectivity index (χ0n) is 17.2. The summed E-state index contributed by atoms with van der Waals surface area (Å²) in [6.07, 6.45) is 2.09. The van der Waals surface area contributed by atoms with Gasteiger partial charge in [0.2, 0.25) is 10.0 Å². The van der Waals surface area contributed by atoms with Crippen LogP contribution in [0.4, 0.5) is 5.13 Å². The summed E-state index contributed by atoms with van der Waals surface area (Å²) in [5.74, 6) is -0.512. The van der Waals surface area contributed by atoms with E-state index in [1.807, 2.05) is 6.92 Å². The second-order valence-corrected chi connectivity index (χ2v) is 9.68. The van der Waals surface area contributed by atoms with Crippen LogP contribution in [0, 0.1) is 6.92 Å². The smallest absolute Gasteiger partial charge is 0.280 e. The van der Waals surface area contributed by atoms with Gasteiger partial charge in [0.25, 0.3) is 5.91 Å². The number of rotatable bonds is 10. The molecule has 0 unspecified atom stereocenters. The quantitative estimate of drug-likeness (QED) is 0.307. The summed E-state index contributed by atoms with van der Waals surface area (Å²) in [5, 5.41) is 7.18. The largest absolute Gasteiger partial charge is 0.389 e. The van der Waals surface area contributed by atoms with Gasteiger partial charge in [-0.3, -0.25) is 10.1 Å². The van der Waals surface area contributed by atoms with E-state index in [2.05, 4.69) is 20.2 Å². The Kier molecular flexibility index (Phi) is 8.09. The second-order valence-electron chi connectivity index (χ2n) is 6.68. The maximum absolute atomic E-state index is 12.9. The number of ether oxygens (including phenoxy) is 2. The van der Waals surface area contributed by atoms with Gasteiger partial charge in [0.05, 0.1) is 24.7 Å². The first-order chi connectivity index (χ1) is 14.9. The molecule has 168 valence electrons. The zero-order valence-corrected chi connectivity index (χ0v) is 18.8. The third-order valence-electron chi connectivity index (χ3n) is 4.27. The van der Waals surface area contributed by atoms with E-state index in [0.717, 1.165) is 4.88 Å². The molecule has 0 aliphatic carbocycles. The molecule has 3 rings (SSSR count). The predicted octanol–water partition coefficient (Wildman–Crippen LogP) is 1.52. The molecule has 2 heterocycles. The lowest BCUT2D eigenvalue weighted by molar-refractivity contribution is -0.110. The van der Waals surface area contributed by atoms with Crippen LogP contribution in [0.25, 0.3) is 0 Å². The van der Waals surface area contributed by atoms with Gasteiger partial charge in [-0.05, 0) is 19.1 Å². The minimum absolute atomic E-state index is 0.0102. The summed E-state index contributed by atoms with van der Waals surface area (Å²) < 4.78 is 37.2. The average molecular weight is 469 g/mol. The number of anilines is 1. The number of methoxy groups -OCH3 is 1. The molecule has 0 saturated carbocycles. The monoisotopic (exact) mass is 468 g/mol. The summed E-state index contributed by atoms with van der Waals surface area (Å²) in [6.45, 7) is 3.26. The maximum Gasteiger partial charge on any atom is 0.280 e. The third kappa shape index (κ3) is 6.55. The minimum Gasteiger partial charge on any atom is -0.389 e. The van der Waals surface area contributed by atoms with Crippen molar-refractivity contribution >= 4 is 38.1 Å². The number of aromatic nitrogens is 1. The number of nitrogens with zero attached hydrogens (tertiary/aromatic N) is 2. The van der Waals surface area contributed by atoms with Crippen LogP contribution in [0.3, 0.4) is 0 Å². The summed E-state index contributed by atoms with van der Waals surface area (Å²) in [7, 11) is -2.21. The lowest BCUT2D eigenvalue weighted by atomic mass is 10.1. The highest BCUT2D eigenvalue weighted by Crippen LogP contribution is 2.18. The molecule has 1 aliphatic heterocycles.